The van der Waals surface area contributed by atoms with Crippen molar-refractivity contribution < 1.29 is 9.47 Å². The van der Waals surface area contributed by atoms with Crippen LogP contribution in [0.25, 0.3) is 11.0 Å². The number of aromatic nitrogens is 2. The van der Waals surface area contributed by atoms with Gasteiger partial charge in [-0.25, -0.2) is 4.98 Å². The van der Waals surface area contributed by atoms with Crippen LogP contribution in [-0.2, 0) is 6.54 Å². The standard InChI is InChI=1S/C12H17N3O2/c1-15(2)7-12-13-8-5-10(16-3)11(17-4)6-9(8)14-12/h5-6H,7H2,1-4H3,(H,13,14). The number of imidazole rings is 1. The average molecular weight is 235 g/mol. The summed E-state index contributed by atoms with van der Waals surface area (Å²) in [5, 5.41) is 0. The van der Waals surface area contributed by atoms with Gasteiger partial charge in [-0.15, -0.1) is 0 Å². The van der Waals surface area contributed by atoms with Crippen LogP contribution in [0.1, 0.15) is 5.82 Å². The van der Waals surface area contributed by atoms with Crippen molar-refractivity contribution in [1.82, 2.24) is 14.9 Å². The molecular weight excluding hydrogens is 218 g/mol. The molecule has 2 rings (SSSR count). The summed E-state index contributed by atoms with van der Waals surface area (Å²) in [5.41, 5.74) is 1.85. The first-order valence-corrected chi connectivity index (χ1v) is 5.39. The number of ether oxygens (including phenoxy) is 2. The zero-order chi connectivity index (χ0) is 12.4. The van der Waals surface area contributed by atoms with Crippen LogP contribution in [0.3, 0.4) is 0 Å². The maximum Gasteiger partial charge on any atom is 0.163 e. The Morgan fingerprint density at radius 1 is 1.18 bits per heavy atom. The molecule has 5 heteroatoms. The minimum atomic E-state index is 0.697. The molecule has 17 heavy (non-hydrogen) atoms. The van der Waals surface area contributed by atoms with Crippen LogP contribution in [0.4, 0.5) is 0 Å². The maximum absolute atomic E-state index is 5.25. The predicted octanol–water partition coefficient (Wildman–Crippen LogP) is 1.64. The predicted molar refractivity (Wildman–Crippen MR) is 66.6 cm³/mol. The van der Waals surface area contributed by atoms with E-state index in [4.69, 9.17) is 9.47 Å². The van der Waals surface area contributed by atoms with Gasteiger partial charge in [0.05, 0.1) is 31.8 Å². The first kappa shape index (κ1) is 11.7. The van der Waals surface area contributed by atoms with Gasteiger partial charge in [0.15, 0.2) is 11.5 Å². The third kappa shape index (κ3) is 2.34. The molecule has 0 unspecified atom stereocenters. The van der Waals surface area contributed by atoms with Crippen LogP contribution in [0.5, 0.6) is 11.5 Å². The number of fused-ring (bicyclic) bond motifs is 1. The number of aromatic amines is 1. The van der Waals surface area contributed by atoms with Crippen LogP contribution in [-0.4, -0.2) is 43.2 Å². The minimum absolute atomic E-state index is 0.697. The number of nitrogens with zero attached hydrogens (tertiary/aromatic N) is 2. The van der Waals surface area contributed by atoms with Gasteiger partial charge in [0.1, 0.15) is 5.82 Å². The third-order valence-electron chi connectivity index (χ3n) is 2.50. The molecule has 0 saturated carbocycles. The number of methoxy groups -OCH3 is 2. The number of rotatable bonds is 4. The minimum Gasteiger partial charge on any atom is -0.493 e. The monoisotopic (exact) mass is 235 g/mol. The molecule has 0 saturated heterocycles. The zero-order valence-electron chi connectivity index (χ0n) is 10.6. The van der Waals surface area contributed by atoms with E-state index in [2.05, 4.69) is 14.9 Å². The highest BCUT2D eigenvalue weighted by atomic mass is 16.5. The van der Waals surface area contributed by atoms with Crippen molar-refractivity contribution in [2.45, 2.75) is 6.54 Å². The van der Waals surface area contributed by atoms with E-state index in [9.17, 15) is 0 Å². The van der Waals surface area contributed by atoms with Gasteiger partial charge in [-0.2, -0.15) is 0 Å². The summed E-state index contributed by atoms with van der Waals surface area (Å²) in [6.45, 7) is 0.777. The average Bonchev–Trinajstić information content (AvgIpc) is 2.66. The lowest BCUT2D eigenvalue weighted by atomic mass is 10.3. The fourth-order valence-corrected chi connectivity index (χ4v) is 1.76. The second kappa shape index (κ2) is 4.63. The van der Waals surface area contributed by atoms with Gasteiger partial charge in [-0.1, -0.05) is 0 Å². The molecule has 0 amide bonds. The topological polar surface area (TPSA) is 50.4 Å². The molecule has 0 bridgehead atoms. The SMILES string of the molecule is COc1cc2nc(CN(C)C)[nH]c2cc1OC. The summed E-state index contributed by atoms with van der Waals surface area (Å²) in [4.78, 5) is 9.83. The number of H-pyrrole nitrogens is 1. The Labute approximate surface area is 100 Å². The third-order valence-corrected chi connectivity index (χ3v) is 2.50. The number of hydrogen-bond acceptors (Lipinski definition) is 4. The Hall–Kier alpha value is -1.75. The Morgan fingerprint density at radius 3 is 2.41 bits per heavy atom. The first-order chi connectivity index (χ1) is 8.13. The van der Waals surface area contributed by atoms with Crippen molar-refractivity contribution >= 4 is 11.0 Å². The first-order valence-electron chi connectivity index (χ1n) is 5.39. The number of nitrogens with one attached hydrogen (secondary N) is 1. The highest BCUT2D eigenvalue weighted by Crippen LogP contribution is 2.31. The van der Waals surface area contributed by atoms with Gasteiger partial charge < -0.3 is 19.4 Å². The zero-order valence-corrected chi connectivity index (χ0v) is 10.6. The van der Waals surface area contributed by atoms with Crippen molar-refractivity contribution in [3.05, 3.63) is 18.0 Å². The van der Waals surface area contributed by atoms with Crippen molar-refractivity contribution in [2.24, 2.45) is 0 Å². The van der Waals surface area contributed by atoms with Gasteiger partial charge in [0, 0.05) is 12.1 Å². The summed E-state index contributed by atoms with van der Waals surface area (Å²) < 4.78 is 10.5. The summed E-state index contributed by atoms with van der Waals surface area (Å²) in [6, 6.07) is 3.78. The second-order valence-electron chi connectivity index (χ2n) is 4.15. The molecule has 92 valence electrons. The van der Waals surface area contributed by atoms with E-state index in [1.165, 1.54) is 0 Å². The molecule has 5 nitrogen and oxygen atoms in total. The van der Waals surface area contributed by atoms with Gasteiger partial charge in [-0.3, -0.25) is 0 Å². The van der Waals surface area contributed by atoms with E-state index in [1.807, 2.05) is 26.2 Å². The molecule has 0 aliphatic heterocycles. The Balaban J connectivity index is 2.46. The van der Waals surface area contributed by atoms with Crippen LogP contribution >= 0.6 is 0 Å². The fraction of sp³-hybridized carbons (Fsp3) is 0.417. The van der Waals surface area contributed by atoms with E-state index in [0.717, 1.165) is 23.4 Å². The normalized spacial score (nSPS) is 11.1. The van der Waals surface area contributed by atoms with Gasteiger partial charge in [0.25, 0.3) is 0 Å². The fourth-order valence-electron chi connectivity index (χ4n) is 1.76. The van der Waals surface area contributed by atoms with Crippen molar-refractivity contribution in [1.29, 1.82) is 0 Å². The molecule has 0 aliphatic carbocycles. The summed E-state index contributed by atoms with van der Waals surface area (Å²) in [5.74, 6) is 2.34. The van der Waals surface area contributed by atoms with Gasteiger partial charge in [-0.05, 0) is 14.1 Å². The van der Waals surface area contributed by atoms with Crippen LogP contribution in [0.2, 0.25) is 0 Å². The lowest BCUT2D eigenvalue weighted by Crippen LogP contribution is -2.11. The number of hydrogen-bond donors (Lipinski definition) is 1. The smallest absolute Gasteiger partial charge is 0.163 e. The van der Waals surface area contributed by atoms with E-state index in [1.54, 1.807) is 14.2 Å². The summed E-state index contributed by atoms with van der Waals surface area (Å²) in [6.07, 6.45) is 0. The molecule has 0 fully saturated rings. The van der Waals surface area contributed by atoms with Crippen molar-refractivity contribution in [2.75, 3.05) is 28.3 Å². The van der Waals surface area contributed by atoms with Crippen molar-refractivity contribution in [3.63, 3.8) is 0 Å². The molecule has 2 aromatic rings. The lowest BCUT2D eigenvalue weighted by Gasteiger charge is -2.06. The molecule has 0 spiro atoms. The summed E-state index contributed by atoms with van der Waals surface area (Å²) >= 11 is 0. The second-order valence-corrected chi connectivity index (χ2v) is 4.15. The van der Waals surface area contributed by atoms with Gasteiger partial charge >= 0.3 is 0 Å². The Morgan fingerprint density at radius 2 is 1.82 bits per heavy atom. The molecule has 0 radical (unpaired) electrons. The molecule has 1 aromatic heterocycles. The highest BCUT2D eigenvalue weighted by molar-refractivity contribution is 5.79. The van der Waals surface area contributed by atoms with Crippen LogP contribution in [0.15, 0.2) is 12.1 Å². The van der Waals surface area contributed by atoms with Crippen LogP contribution in [0, 0.1) is 0 Å². The molecule has 1 N–H and O–H groups in total. The highest BCUT2D eigenvalue weighted by Gasteiger charge is 2.10. The molecule has 0 aliphatic rings. The lowest BCUT2D eigenvalue weighted by molar-refractivity contribution is 0.356. The Bertz CT molecular complexity index is 479. The summed E-state index contributed by atoms with van der Waals surface area (Å²) in [7, 11) is 7.26. The van der Waals surface area contributed by atoms with E-state index in [-0.39, 0.29) is 0 Å². The van der Waals surface area contributed by atoms with E-state index >= 15 is 0 Å². The molecular formula is C12H17N3O2. The Kier molecular flexibility index (Phi) is 3.19. The van der Waals surface area contributed by atoms with E-state index in [0.29, 0.717) is 11.5 Å². The number of benzene rings is 1. The van der Waals surface area contributed by atoms with Gasteiger partial charge in [0.2, 0.25) is 0 Å². The quantitative estimate of drug-likeness (QED) is 0.875. The molecule has 0 atom stereocenters. The van der Waals surface area contributed by atoms with Crippen LogP contribution < -0.4 is 9.47 Å². The van der Waals surface area contributed by atoms with Crippen molar-refractivity contribution in [3.8, 4) is 11.5 Å². The molecule has 1 aromatic carbocycles. The largest absolute Gasteiger partial charge is 0.493 e. The van der Waals surface area contributed by atoms with E-state index < -0.39 is 0 Å². The maximum atomic E-state index is 5.25. The molecule has 1 heterocycles.